The molecule has 1 aromatic carbocycles. The lowest BCUT2D eigenvalue weighted by Crippen LogP contribution is -2.02. The number of rotatable bonds is 6. The van der Waals surface area contributed by atoms with Crippen LogP contribution in [0.15, 0.2) is 57.5 Å². The van der Waals surface area contributed by atoms with Crippen molar-refractivity contribution in [2.75, 3.05) is 0 Å². The van der Waals surface area contributed by atoms with Gasteiger partial charge in [0, 0.05) is 0 Å². The number of thiazole rings is 1. The van der Waals surface area contributed by atoms with E-state index in [0.717, 1.165) is 34.1 Å². The third-order valence-electron chi connectivity index (χ3n) is 3.82. The quantitative estimate of drug-likeness (QED) is 0.323. The van der Waals surface area contributed by atoms with Gasteiger partial charge in [-0.3, -0.25) is 14.7 Å². The van der Waals surface area contributed by atoms with E-state index in [-0.39, 0.29) is 5.00 Å². The first-order valence-corrected chi connectivity index (χ1v) is 10.5. The van der Waals surface area contributed by atoms with Crippen molar-refractivity contribution in [2.24, 2.45) is 0 Å². The number of para-hydroxylation sites is 1. The van der Waals surface area contributed by atoms with E-state index in [1.807, 2.05) is 40.3 Å². The highest BCUT2D eigenvalue weighted by atomic mass is 32.2. The molecule has 0 saturated heterocycles. The molecule has 0 amide bonds. The van der Waals surface area contributed by atoms with Crippen LogP contribution in [0.3, 0.4) is 0 Å². The first-order chi connectivity index (χ1) is 13.2. The van der Waals surface area contributed by atoms with E-state index < -0.39 is 4.92 Å². The van der Waals surface area contributed by atoms with Crippen LogP contribution in [0.25, 0.3) is 16.4 Å². The van der Waals surface area contributed by atoms with Gasteiger partial charge in [-0.25, -0.2) is 4.98 Å². The monoisotopic (exact) mass is 415 g/mol. The molecule has 0 fully saturated rings. The molecule has 0 unspecified atom stereocenters. The zero-order valence-electron chi connectivity index (χ0n) is 14.1. The van der Waals surface area contributed by atoms with Crippen molar-refractivity contribution in [3.63, 3.8) is 0 Å². The van der Waals surface area contributed by atoms with Gasteiger partial charge >= 0.3 is 5.00 Å². The van der Waals surface area contributed by atoms with E-state index in [4.69, 9.17) is 0 Å². The van der Waals surface area contributed by atoms with E-state index in [1.165, 1.54) is 23.5 Å². The Bertz CT molecular complexity index is 1090. The van der Waals surface area contributed by atoms with Gasteiger partial charge in [0.2, 0.25) is 5.16 Å². The zero-order chi connectivity index (χ0) is 18.8. The number of benzene rings is 1. The predicted octanol–water partition coefficient (Wildman–Crippen LogP) is 5.07. The Kier molecular flexibility index (Phi) is 5.01. The maximum Gasteiger partial charge on any atom is 0.344 e. The molecular weight excluding hydrogens is 402 g/mol. The SMILES string of the molecule is CCc1ccccc1-n1c(Sc2ncc([N+](=O)[O-])s2)nnc1-c1cccs1. The minimum absolute atomic E-state index is 0.0102. The van der Waals surface area contributed by atoms with Crippen molar-refractivity contribution in [1.82, 2.24) is 19.7 Å². The number of aryl methyl sites for hydroxylation is 1. The fourth-order valence-electron chi connectivity index (χ4n) is 2.61. The molecule has 7 nitrogen and oxygen atoms in total. The molecule has 0 aliphatic carbocycles. The maximum absolute atomic E-state index is 10.9. The summed E-state index contributed by atoms with van der Waals surface area (Å²) in [5, 5.41) is 22.3. The molecule has 3 heterocycles. The molecule has 136 valence electrons. The lowest BCUT2D eigenvalue weighted by Gasteiger charge is -2.12. The Morgan fingerprint density at radius 3 is 2.78 bits per heavy atom. The lowest BCUT2D eigenvalue weighted by atomic mass is 10.1. The second-order valence-corrected chi connectivity index (χ2v) is 8.60. The molecule has 0 saturated carbocycles. The van der Waals surface area contributed by atoms with Crippen LogP contribution in [-0.2, 0) is 6.42 Å². The van der Waals surface area contributed by atoms with Gasteiger partial charge in [0.1, 0.15) is 6.20 Å². The van der Waals surface area contributed by atoms with Crippen molar-refractivity contribution in [3.05, 3.63) is 63.7 Å². The van der Waals surface area contributed by atoms with Crippen LogP contribution in [0.2, 0.25) is 0 Å². The number of aromatic nitrogens is 4. The standard InChI is InChI=1S/C17H13N5O2S3/c1-2-11-6-3-4-7-12(11)21-15(13-8-5-9-25-13)19-20-16(21)27-17-18-10-14(26-17)22(23)24/h3-10H,2H2,1H3. The third-order valence-corrected chi connectivity index (χ3v) is 6.66. The highest BCUT2D eigenvalue weighted by Crippen LogP contribution is 2.37. The Labute approximate surface area is 166 Å². The van der Waals surface area contributed by atoms with Crippen molar-refractivity contribution in [3.8, 4) is 16.4 Å². The lowest BCUT2D eigenvalue weighted by molar-refractivity contribution is -0.380. The van der Waals surface area contributed by atoms with E-state index >= 15 is 0 Å². The largest absolute Gasteiger partial charge is 0.344 e. The highest BCUT2D eigenvalue weighted by molar-refractivity contribution is 8.01. The number of nitrogens with zero attached hydrogens (tertiary/aromatic N) is 5. The molecule has 0 bridgehead atoms. The van der Waals surface area contributed by atoms with Crippen LogP contribution in [-0.4, -0.2) is 24.7 Å². The van der Waals surface area contributed by atoms with Crippen LogP contribution in [0.4, 0.5) is 5.00 Å². The summed E-state index contributed by atoms with van der Waals surface area (Å²) in [5.74, 6) is 0.749. The van der Waals surface area contributed by atoms with Crippen molar-refractivity contribution < 1.29 is 4.92 Å². The van der Waals surface area contributed by atoms with Crippen LogP contribution < -0.4 is 0 Å². The van der Waals surface area contributed by atoms with Crippen LogP contribution >= 0.6 is 34.4 Å². The maximum atomic E-state index is 10.9. The Balaban J connectivity index is 1.83. The van der Waals surface area contributed by atoms with Gasteiger partial charge in [-0.2, -0.15) is 0 Å². The second-order valence-electron chi connectivity index (χ2n) is 5.42. The molecule has 27 heavy (non-hydrogen) atoms. The van der Waals surface area contributed by atoms with Crippen molar-refractivity contribution in [1.29, 1.82) is 0 Å². The molecule has 0 aliphatic rings. The molecule has 4 rings (SSSR count). The predicted molar refractivity (Wildman–Crippen MR) is 107 cm³/mol. The summed E-state index contributed by atoms with van der Waals surface area (Å²) < 4.78 is 2.56. The Morgan fingerprint density at radius 1 is 1.22 bits per heavy atom. The van der Waals surface area contributed by atoms with E-state index in [9.17, 15) is 10.1 Å². The van der Waals surface area contributed by atoms with E-state index in [0.29, 0.717) is 9.50 Å². The normalized spacial score (nSPS) is 11.0. The van der Waals surface area contributed by atoms with Gasteiger partial charge in [0.15, 0.2) is 10.2 Å². The highest BCUT2D eigenvalue weighted by Gasteiger charge is 2.21. The summed E-state index contributed by atoms with van der Waals surface area (Å²) in [6, 6.07) is 12.1. The number of hydrogen-bond donors (Lipinski definition) is 0. The molecular formula is C17H13N5O2S3. The van der Waals surface area contributed by atoms with Gasteiger partial charge in [-0.1, -0.05) is 31.2 Å². The minimum atomic E-state index is -0.435. The molecule has 10 heteroatoms. The fraction of sp³-hybridized carbons (Fsp3) is 0.118. The molecule has 0 aliphatic heterocycles. The first kappa shape index (κ1) is 17.8. The smallest absolute Gasteiger partial charge is 0.269 e. The summed E-state index contributed by atoms with van der Waals surface area (Å²) in [5.41, 5.74) is 2.17. The summed E-state index contributed by atoms with van der Waals surface area (Å²) in [7, 11) is 0. The van der Waals surface area contributed by atoms with E-state index in [1.54, 1.807) is 11.3 Å². The first-order valence-electron chi connectivity index (χ1n) is 8.03. The fourth-order valence-corrected chi connectivity index (χ4v) is 5.03. The molecule has 0 spiro atoms. The topological polar surface area (TPSA) is 86.7 Å². The van der Waals surface area contributed by atoms with Crippen LogP contribution in [0.1, 0.15) is 12.5 Å². The molecule has 4 aromatic rings. The molecule has 0 atom stereocenters. The second kappa shape index (κ2) is 7.59. The average Bonchev–Trinajstić information content (AvgIpc) is 3.42. The molecule has 0 radical (unpaired) electrons. The van der Waals surface area contributed by atoms with Crippen molar-refractivity contribution >= 4 is 39.4 Å². The molecule has 0 N–H and O–H groups in total. The number of nitro groups is 1. The average molecular weight is 416 g/mol. The third kappa shape index (κ3) is 3.51. The summed E-state index contributed by atoms with van der Waals surface area (Å²) in [4.78, 5) is 15.6. The van der Waals surface area contributed by atoms with Crippen LogP contribution in [0, 0.1) is 10.1 Å². The van der Waals surface area contributed by atoms with Crippen LogP contribution in [0.5, 0.6) is 0 Å². The zero-order valence-corrected chi connectivity index (χ0v) is 16.6. The summed E-state index contributed by atoms with van der Waals surface area (Å²) in [6.07, 6.45) is 2.14. The minimum Gasteiger partial charge on any atom is -0.269 e. The van der Waals surface area contributed by atoms with Gasteiger partial charge < -0.3 is 0 Å². The summed E-state index contributed by atoms with van der Waals surface area (Å²) >= 11 is 3.90. The van der Waals surface area contributed by atoms with Gasteiger partial charge in [0.05, 0.1) is 15.5 Å². The molecule has 3 aromatic heterocycles. The Morgan fingerprint density at radius 2 is 2.07 bits per heavy atom. The number of hydrogen-bond acceptors (Lipinski definition) is 8. The summed E-state index contributed by atoms with van der Waals surface area (Å²) in [6.45, 7) is 2.10. The van der Waals surface area contributed by atoms with E-state index in [2.05, 4.69) is 28.2 Å². The van der Waals surface area contributed by atoms with Crippen molar-refractivity contribution in [2.45, 2.75) is 22.8 Å². The van der Waals surface area contributed by atoms with Gasteiger partial charge in [-0.05, 0) is 52.6 Å². The van der Waals surface area contributed by atoms with Gasteiger partial charge in [-0.15, -0.1) is 21.5 Å². The number of thiophene rings is 1. The van der Waals surface area contributed by atoms with Gasteiger partial charge in [0.25, 0.3) is 0 Å². The Hall–Kier alpha value is -2.56.